The molecule has 4 nitrogen and oxygen atoms in total. The third-order valence-electron chi connectivity index (χ3n) is 3.02. The smallest absolute Gasteiger partial charge is 0.251 e. The highest BCUT2D eigenvalue weighted by atomic mass is 35.5. The molecule has 0 bridgehead atoms. The Morgan fingerprint density at radius 2 is 1.81 bits per heavy atom. The lowest BCUT2D eigenvalue weighted by Crippen LogP contribution is -2.26. The molecule has 0 saturated carbocycles. The number of ether oxygens (including phenoxy) is 1. The molecule has 0 spiro atoms. The van der Waals surface area contributed by atoms with Crippen LogP contribution in [0.1, 0.15) is 28.9 Å². The largest absolute Gasteiger partial charge is 0.494 e. The van der Waals surface area contributed by atoms with E-state index in [1.807, 2.05) is 19.1 Å². The van der Waals surface area contributed by atoms with Gasteiger partial charge in [-0.1, -0.05) is 23.2 Å². The lowest BCUT2D eigenvalue weighted by Gasteiger charge is -2.15. The number of methoxy groups -OCH3 is 1. The monoisotopic (exact) mass is 324 g/mol. The number of amides is 1. The average Bonchev–Trinajstić information content (AvgIpc) is 2.47. The van der Waals surface area contributed by atoms with E-state index >= 15 is 0 Å². The van der Waals surface area contributed by atoms with Gasteiger partial charge < -0.3 is 10.1 Å². The Labute approximate surface area is 133 Å². The highest BCUT2D eigenvalue weighted by Crippen LogP contribution is 2.33. The zero-order chi connectivity index (χ0) is 15.4. The number of hydrogen-bond acceptors (Lipinski definition) is 3. The lowest BCUT2D eigenvalue weighted by atomic mass is 10.1. The minimum atomic E-state index is -0.259. The van der Waals surface area contributed by atoms with Crippen LogP contribution in [0.15, 0.2) is 36.7 Å². The summed E-state index contributed by atoms with van der Waals surface area (Å²) < 4.78 is 5.06. The molecule has 0 fully saturated rings. The van der Waals surface area contributed by atoms with E-state index < -0.39 is 0 Å². The van der Waals surface area contributed by atoms with Gasteiger partial charge in [0.2, 0.25) is 0 Å². The fourth-order valence-electron chi connectivity index (χ4n) is 1.90. The minimum absolute atomic E-state index is 0.153. The Balaban J connectivity index is 2.18. The van der Waals surface area contributed by atoms with Crippen molar-refractivity contribution in [2.75, 3.05) is 7.11 Å². The van der Waals surface area contributed by atoms with Crippen LogP contribution >= 0.6 is 23.2 Å². The molecule has 0 aliphatic rings. The number of hydrogen-bond donors (Lipinski definition) is 1. The van der Waals surface area contributed by atoms with Gasteiger partial charge in [0.1, 0.15) is 0 Å². The molecule has 2 rings (SSSR count). The number of carbonyl (C=O) groups is 1. The van der Waals surface area contributed by atoms with Crippen LogP contribution in [0.25, 0.3) is 0 Å². The fraction of sp³-hybridized carbons (Fsp3) is 0.200. The fourth-order valence-corrected chi connectivity index (χ4v) is 2.54. The molecule has 6 heteroatoms. The number of carbonyl (C=O) groups excluding carboxylic acids is 1. The normalized spacial score (nSPS) is 11.8. The number of aromatic nitrogens is 1. The third-order valence-corrected chi connectivity index (χ3v) is 3.58. The van der Waals surface area contributed by atoms with Crippen LogP contribution in [-0.2, 0) is 0 Å². The summed E-state index contributed by atoms with van der Waals surface area (Å²) in [6.45, 7) is 1.89. The highest BCUT2D eigenvalue weighted by Gasteiger charge is 2.15. The van der Waals surface area contributed by atoms with Gasteiger partial charge in [-0.2, -0.15) is 0 Å². The Morgan fingerprint density at radius 1 is 1.24 bits per heavy atom. The average molecular weight is 325 g/mol. The standard InChI is InChI=1S/C15H14Cl2N2O2/c1-9(10-3-5-18-6-4-10)19-15(20)11-7-12(16)14(21-2)13(17)8-11/h3-9H,1-2H3,(H,19,20). The van der Waals surface area contributed by atoms with Gasteiger partial charge in [-0.15, -0.1) is 0 Å². The minimum Gasteiger partial charge on any atom is -0.494 e. The van der Waals surface area contributed by atoms with Crippen molar-refractivity contribution >= 4 is 29.1 Å². The van der Waals surface area contributed by atoms with Crippen molar-refractivity contribution in [3.8, 4) is 5.75 Å². The summed E-state index contributed by atoms with van der Waals surface area (Å²) in [5.41, 5.74) is 1.34. The van der Waals surface area contributed by atoms with E-state index in [1.54, 1.807) is 12.4 Å². The maximum atomic E-state index is 12.2. The van der Waals surface area contributed by atoms with Gasteiger partial charge >= 0.3 is 0 Å². The van der Waals surface area contributed by atoms with Crippen LogP contribution in [0, 0.1) is 0 Å². The first-order valence-corrected chi connectivity index (χ1v) is 7.02. The second kappa shape index (κ2) is 6.78. The Morgan fingerprint density at radius 3 is 2.33 bits per heavy atom. The summed E-state index contributed by atoms with van der Waals surface area (Å²) in [4.78, 5) is 16.2. The molecule has 1 aromatic carbocycles. The molecular formula is C15H14Cl2N2O2. The quantitative estimate of drug-likeness (QED) is 0.928. The van der Waals surface area contributed by atoms with Crippen LogP contribution in [-0.4, -0.2) is 18.0 Å². The Kier molecular flexibility index (Phi) is 5.04. The summed E-state index contributed by atoms with van der Waals surface area (Å²) in [6, 6.07) is 6.60. The van der Waals surface area contributed by atoms with Gasteiger partial charge in [-0.05, 0) is 36.8 Å². The predicted molar refractivity (Wildman–Crippen MR) is 83.1 cm³/mol. The molecule has 2 aromatic rings. The van der Waals surface area contributed by atoms with Crippen LogP contribution in [0.5, 0.6) is 5.75 Å². The molecule has 110 valence electrons. The van der Waals surface area contributed by atoms with Crippen LogP contribution in [0.4, 0.5) is 0 Å². The van der Waals surface area contributed by atoms with E-state index in [0.717, 1.165) is 5.56 Å². The number of benzene rings is 1. The zero-order valence-corrected chi connectivity index (χ0v) is 13.1. The molecule has 21 heavy (non-hydrogen) atoms. The van der Waals surface area contributed by atoms with E-state index in [4.69, 9.17) is 27.9 Å². The van der Waals surface area contributed by atoms with Gasteiger partial charge in [0, 0.05) is 18.0 Å². The topological polar surface area (TPSA) is 51.2 Å². The summed E-state index contributed by atoms with van der Waals surface area (Å²) in [5.74, 6) is 0.0998. The molecule has 1 atom stereocenters. The molecule has 0 aliphatic heterocycles. The molecule has 1 heterocycles. The van der Waals surface area contributed by atoms with Gasteiger partial charge in [-0.3, -0.25) is 9.78 Å². The van der Waals surface area contributed by atoms with Gasteiger partial charge in [0.05, 0.1) is 23.2 Å². The summed E-state index contributed by atoms with van der Waals surface area (Å²) in [6.07, 6.45) is 3.36. The van der Waals surface area contributed by atoms with Crippen molar-refractivity contribution in [2.45, 2.75) is 13.0 Å². The number of halogens is 2. The molecule has 1 unspecified atom stereocenters. The highest BCUT2D eigenvalue weighted by molar-refractivity contribution is 6.37. The number of nitrogens with zero attached hydrogens (tertiary/aromatic N) is 1. The number of pyridine rings is 1. The molecule has 1 amide bonds. The maximum Gasteiger partial charge on any atom is 0.251 e. The van der Waals surface area contributed by atoms with Gasteiger partial charge in [-0.25, -0.2) is 0 Å². The zero-order valence-electron chi connectivity index (χ0n) is 11.6. The van der Waals surface area contributed by atoms with Gasteiger partial charge in [0.25, 0.3) is 5.91 Å². The van der Waals surface area contributed by atoms with Crippen molar-refractivity contribution in [1.82, 2.24) is 10.3 Å². The first kappa shape index (κ1) is 15.6. The van der Waals surface area contributed by atoms with E-state index in [-0.39, 0.29) is 11.9 Å². The first-order chi connectivity index (χ1) is 10.0. The van der Waals surface area contributed by atoms with Crippen molar-refractivity contribution in [3.63, 3.8) is 0 Å². The molecule has 0 aliphatic carbocycles. The lowest BCUT2D eigenvalue weighted by molar-refractivity contribution is 0.0940. The van der Waals surface area contributed by atoms with Gasteiger partial charge in [0.15, 0.2) is 5.75 Å². The SMILES string of the molecule is COc1c(Cl)cc(C(=O)NC(C)c2ccncc2)cc1Cl. The van der Waals surface area contributed by atoms with E-state index in [1.165, 1.54) is 19.2 Å². The van der Waals surface area contributed by atoms with Crippen molar-refractivity contribution in [2.24, 2.45) is 0 Å². The van der Waals surface area contributed by atoms with E-state index in [2.05, 4.69) is 10.3 Å². The molecule has 1 N–H and O–H groups in total. The summed E-state index contributed by atoms with van der Waals surface area (Å²) >= 11 is 12.1. The molecule has 0 saturated heterocycles. The maximum absolute atomic E-state index is 12.2. The summed E-state index contributed by atoms with van der Waals surface area (Å²) in [7, 11) is 1.47. The number of rotatable bonds is 4. The Bertz CT molecular complexity index is 624. The van der Waals surface area contributed by atoms with Crippen LogP contribution < -0.4 is 10.1 Å². The van der Waals surface area contributed by atoms with Crippen molar-refractivity contribution in [1.29, 1.82) is 0 Å². The number of nitrogens with one attached hydrogen (secondary N) is 1. The molecular weight excluding hydrogens is 311 g/mol. The Hall–Kier alpha value is -1.78. The van der Waals surface area contributed by atoms with Crippen LogP contribution in [0.3, 0.4) is 0 Å². The first-order valence-electron chi connectivity index (χ1n) is 6.26. The predicted octanol–water partition coefficient (Wildman–Crippen LogP) is 3.89. The van der Waals surface area contributed by atoms with Crippen molar-refractivity contribution in [3.05, 3.63) is 57.8 Å². The van der Waals surface area contributed by atoms with Crippen molar-refractivity contribution < 1.29 is 9.53 Å². The second-order valence-corrected chi connectivity index (χ2v) is 5.26. The second-order valence-electron chi connectivity index (χ2n) is 4.45. The molecule has 1 aromatic heterocycles. The van der Waals surface area contributed by atoms with E-state index in [9.17, 15) is 4.79 Å². The third kappa shape index (κ3) is 3.65. The van der Waals surface area contributed by atoms with E-state index in [0.29, 0.717) is 21.4 Å². The molecule has 0 radical (unpaired) electrons. The summed E-state index contributed by atoms with van der Waals surface area (Å²) in [5, 5.41) is 3.48. The van der Waals surface area contributed by atoms with Crippen LogP contribution in [0.2, 0.25) is 10.0 Å².